The zero-order chi connectivity index (χ0) is 13.0. The van der Waals surface area contributed by atoms with Gasteiger partial charge in [0.1, 0.15) is 0 Å². The molecule has 17 heavy (non-hydrogen) atoms. The van der Waals surface area contributed by atoms with Crippen LogP contribution in [0, 0.1) is 16.0 Å². The minimum absolute atomic E-state index is 0.125. The minimum atomic E-state index is -0.365. The maximum absolute atomic E-state index is 10.8. The minimum Gasteiger partial charge on any atom is -0.302 e. The summed E-state index contributed by atoms with van der Waals surface area (Å²) in [6.45, 7) is 6.01. The molecule has 5 heteroatoms. The van der Waals surface area contributed by atoms with Crippen molar-refractivity contribution in [2.75, 3.05) is 13.6 Å². The Balaban J connectivity index is 2.79. The van der Waals surface area contributed by atoms with Crippen LogP contribution in [0.15, 0.2) is 22.7 Å². The average Bonchev–Trinajstić information content (AvgIpc) is 2.19. The van der Waals surface area contributed by atoms with Crippen molar-refractivity contribution in [3.8, 4) is 0 Å². The molecular formula is C12H17BrN2O2. The van der Waals surface area contributed by atoms with Gasteiger partial charge in [-0.3, -0.25) is 10.1 Å². The van der Waals surface area contributed by atoms with Crippen LogP contribution in [0.1, 0.15) is 19.4 Å². The summed E-state index contributed by atoms with van der Waals surface area (Å²) < 4.78 is 0.526. The van der Waals surface area contributed by atoms with Crippen LogP contribution in [0.4, 0.5) is 5.69 Å². The molecule has 0 radical (unpaired) electrons. The molecule has 0 heterocycles. The van der Waals surface area contributed by atoms with E-state index in [4.69, 9.17) is 0 Å². The van der Waals surface area contributed by atoms with E-state index in [1.54, 1.807) is 12.1 Å². The molecule has 0 aromatic heterocycles. The SMILES string of the molecule is CC(C)CN(C)Cc1ccc(Br)c([N+](=O)[O-])c1. The summed E-state index contributed by atoms with van der Waals surface area (Å²) in [5, 5.41) is 10.8. The first-order valence-electron chi connectivity index (χ1n) is 5.51. The van der Waals surface area contributed by atoms with E-state index in [-0.39, 0.29) is 10.6 Å². The molecule has 0 saturated heterocycles. The molecule has 0 bridgehead atoms. The highest BCUT2D eigenvalue weighted by atomic mass is 79.9. The van der Waals surface area contributed by atoms with Crippen molar-refractivity contribution in [2.24, 2.45) is 5.92 Å². The van der Waals surface area contributed by atoms with Crippen LogP contribution in [0.5, 0.6) is 0 Å². The van der Waals surface area contributed by atoms with E-state index < -0.39 is 0 Å². The van der Waals surface area contributed by atoms with Crippen LogP contribution in [0.25, 0.3) is 0 Å². The van der Waals surface area contributed by atoms with Crippen molar-refractivity contribution in [1.29, 1.82) is 0 Å². The Kier molecular flexibility index (Phi) is 5.08. The number of hydrogen-bond acceptors (Lipinski definition) is 3. The van der Waals surface area contributed by atoms with Crippen molar-refractivity contribution in [3.05, 3.63) is 38.3 Å². The fourth-order valence-electron chi connectivity index (χ4n) is 1.80. The van der Waals surface area contributed by atoms with E-state index >= 15 is 0 Å². The maximum atomic E-state index is 10.8. The molecule has 94 valence electrons. The average molecular weight is 301 g/mol. The molecular weight excluding hydrogens is 284 g/mol. The quantitative estimate of drug-likeness (QED) is 0.618. The van der Waals surface area contributed by atoms with Crippen molar-refractivity contribution in [2.45, 2.75) is 20.4 Å². The fraction of sp³-hybridized carbons (Fsp3) is 0.500. The van der Waals surface area contributed by atoms with Crippen molar-refractivity contribution < 1.29 is 4.92 Å². The highest BCUT2D eigenvalue weighted by Crippen LogP contribution is 2.26. The predicted molar refractivity (Wildman–Crippen MR) is 72.0 cm³/mol. The fourth-order valence-corrected chi connectivity index (χ4v) is 2.19. The smallest absolute Gasteiger partial charge is 0.283 e. The van der Waals surface area contributed by atoms with Crippen LogP contribution in [0.2, 0.25) is 0 Å². The first-order valence-corrected chi connectivity index (χ1v) is 6.30. The van der Waals surface area contributed by atoms with Crippen molar-refractivity contribution in [1.82, 2.24) is 4.90 Å². The predicted octanol–water partition coefficient (Wildman–Crippen LogP) is 3.45. The van der Waals surface area contributed by atoms with Crippen LogP contribution >= 0.6 is 15.9 Å². The zero-order valence-electron chi connectivity index (χ0n) is 10.3. The number of nitro benzene ring substituents is 1. The van der Waals surface area contributed by atoms with Gasteiger partial charge in [-0.05, 0) is 40.5 Å². The molecule has 0 aliphatic rings. The van der Waals surface area contributed by atoms with Gasteiger partial charge in [-0.1, -0.05) is 19.9 Å². The number of nitrogens with zero attached hydrogens (tertiary/aromatic N) is 2. The molecule has 1 rings (SSSR count). The third-order valence-corrected chi connectivity index (χ3v) is 3.01. The van der Waals surface area contributed by atoms with E-state index in [0.717, 1.165) is 18.7 Å². The highest BCUT2D eigenvalue weighted by Gasteiger charge is 2.13. The number of rotatable bonds is 5. The third-order valence-electron chi connectivity index (χ3n) is 2.34. The molecule has 0 atom stereocenters. The van der Waals surface area contributed by atoms with Crippen LogP contribution in [-0.4, -0.2) is 23.4 Å². The molecule has 0 fully saturated rings. The van der Waals surface area contributed by atoms with E-state index in [0.29, 0.717) is 10.4 Å². The Morgan fingerprint density at radius 1 is 1.47 bits per heavy atom. The normalized spacial score (nSPS) is 11.2. The van der Waals surface area contributed by atoms with Gasteiger partial charge >= 0.3 is 0 Å². The van der Waals surface area contributed by atoms with Gasteiger partial charge in [0, 0.05) is 19.2 Å². The van der Waals surface area contributed by atoms with Crippen LogP contribution in [-0.2, 0) is 6.54 Å². The van der Waals surface area contributed by atoms with Gasteiger partial charge in [0.05, 0.1) is 9.40 Å². The summed E-state index contributed by atoms with van der Waals surface area (Å²) in [5.74, 6) is 0.588. The molecule has 0 unspecified atom stereocenters. The Morgan fingerprint density at radius 2 is 2.12 bits per heavy atom. The number of benzene rings is 1. The van der Waals surface area contributed by atoms with Crippen molar-refractivity contribution >= 4 is 21.6 Å². The number of nitro groups is 1. The second kappa shape index (κ2) is 6.12. The Morgan fingerprint density at radius 3 is 2.65 bits per heavy atom. The Bertz CT molecular complexity index is 407. The summed E-state index contributed by atoms with van der Waals surface area (Å²) >= 11 is 3.18. The summed E-state index contributed by atoms with van der Waals surface area (Å²) in [7, 11) is 2.02. The Hall–Kier alpha value is -0.940. The molecule has 0 spiro atoms. The van der Waals surface area contributed by atoms with Gasteiger partial charge in [0.2, 0.25) is 0 Å². The third kappa shape index (κ3) is 4.44. The van der Waals surface area contributed by atoms with Gasteiger partial charge in [0.25, 0.3) is 5.69 Å². The molecule has 0 aliphatic heterocycles. The highest BCUT2D eigenvalue weighted by molar-refractivity contribution is 9.10. The lowest BCUT2D eigenvalue weighted by Gasteiger charge is -2.18. The van der Waals surface area contributed by atoms with Crippen LogP contribution < -0.4 is 0 Å². The second-order valence-corrected chi connectivity index (χ2v) is 5.49. The second-order valence-electron chi connectivity index (χ2n) is 4.63. The van der Waals surface area contributed by atoms with E-state index in [1.165, 1.54) is 0 Å². The maximum Gasteiger partial charge on any atom is 0.283 e. The van der Waals surface area contributed by atoms with Crippen LogP contribution in [0.3, 0.4) is 0 Å². The van der Waals surface area contributed by atoms with E-state index in [1.807, 2.05) is 13.1 Å². The summed E-state index contributed by atoms with van der Waals surface area (Å²) in [6, 6.07) is 5.27. The van der Waals surface area contributed by atoms with E-state index in [9.17, 15) is 10.1 Å². The lowest BCUT2D eigenvalue weighted by molar-refractivity contribution is -0.385. The first kappa shape index (κ1) is 14.1. The molecule has 1 aromatic carbocycles. The largest absolute Gasteiger partial charge is 0.302 e. The van der Waals surface area contributed by atoms with Gasteiger partial charge in [-0.25, -0.2) is 0 Å². The standard InChI is InChI=1S/C12H17BrN2O2/c1-9(2)7-14(3)8-10-4-5-11(13)12(6-10)15(16)17/h4-6,9H,7-8H2,1-3H3. The Labute approximate surface area is 110 Å². The van der Waals surface area contributed by atoms with E-state index in [2.05, 4.69) is 34.7 Å². The summed E-state index contributed by atoms with van der Waals surface area (Å²) in [4.78, 5) is 12.6. The monoisotopic (exact) mass is 300 g/mol. The van der Waals surface area contributed by atoms with Gasteiger partial charge in [-0.2, -0.15) is 0 Å². The van der Waals surface area contributed by atoms with Gasteiger partial charge < -0.3 is 4.90 Å². The molecule has 1 aromatic rings. The summed E-state index contributed by atoms with van der Waals surface area (Å²) in [5.41, 5.74) is 1.09. The molecule has 0 amide bonds. The summed E-state index contributed by atoms with van der Waals surface area (Å²) in [6.07, 6.45) is 0. The molecule has 4 nitrogen and oxygen atoms in total. The topological polar surface area (TPSA) is 46.4 Å². The number of hydrogen-bond donors (Lipinski definition) is 0. The zero-order valence-corrected chi connectivity index (χ0v) is 11.9. The van der Waals surface area contributed by atoms with Crippen molar-refractivity contribution in [3.63, 3.8) is 0 Å². The van der Waals surface area contributed by atoms with Gasteiger partial charge in [-0.15, -0.1) is 0 Å². The lowest BCUT2D eigenvalue weighted by atomic mass is 10.1. The number of halogens is 1. The lowest BCUT2D eigenvalue weighted by Crippen LogP contribution is -2.22. The van der Waals surface area contributed by atoms with Gasteiger partial charge in [0.15, 0.2) is 0 Å². The molecule has 0 aliphatic carbocycles. The molecule has 0 saturated carbocycles. The molecule has 0 N–H and O–H groups in total. The first-order chi connectivity index (χ1) is 7.90.